The maximum absolute atomic E-state index is 9.35. The van der Waals surface area contributed by atoms with Crippen LogP contribution in [0, 0.1) is 23.2 Å². The molecule has 0 amide bonds. The van der Waals surface area contributed by atoms with Gasteiger partial charge in [0.05, 0.1) is 6.61 Å². The molecule has 1 nitrogen and oxygen atoms in total. The molecule has 18 heavy (non-hydrogen) atoms. The summed E-state index contributed by atoms with van der Waals surface area (Å²) in [7, 11) is 0. The van der Waals surface area contributed by atoms with Gasteiger partial charge in [-0.1, -0.05) is 32.8 Å². The van der Waals surface area contributed by atoms with Gasteiger partial charge in [-0.25, -0.2) is 0 Å². The average molecular weight is 250 g/mol. The fraction of sp³-hybridized carbons (Fsp3) is 0.882. The van der Waals surface area contributed by atoms with E-state index in [2.05, 4.69) is 27.7 Å². The normalized spacial score (nSPS) is 38.2. The highest BCUT2D eigenvalue weighted by atomic mass is 16.3. The minimum absolute atomic E-state index is 0.254. The van der Waals surface area contributed by atoms with Crippen LogP contribution in [0.2, 0.25) is 0 Å². The summed E-state index contributed by atoms with van der Waals surface area (Å²) in [6, 6.07) is 0. The van der Waals surface area contributed by atoms with Gasteiger partial charge in [0.2, 0.25) is 0 Å². The molecule has 0 aromatic carbocycles. The molecule has 2 aliphatic carbocycles. The Labute approximate surface area is 113 Å². The Morgan fingerprint density at radius 3 is 2.61 bits per heavy atom. The van der Waals surface area contributed by atoms with Crippen molar-refractivity contribution in [1.82, 2.24) is 0 Å². The zero-order valence-corrected chi connectivity index (χ0v) is 12.6. The van der Waals surface area contributed by atoms with Gasteiger partial charge in [-0.3, -0.25) is 0 Å². The number of rotatable bonds is 2. The van der Waals surface area contributed by atoms with Gasteiger partial charge in [-0.05, 0) is 67.8 Å². The summed E-state index contributed by atoms with van der Waals surface area (Å²) in [6.07, 6.45) is 8.05. The quantitative estimate of drug-likeness (QED) is 0.712. The Morgan fingerprint density at radius 2 is 2.00 bits per heavy atom. The van der Waals surface area contributed by atoms with E-state index in [-0.39, 0.29) is 6.61 Å². The van der Waals surface area contributed by atoms with Crippen LogP contribution in [0.5, 0.6) is 0 Å². The van der Waals surface area contributed by atoms with Gasteiger partial charge in [0.15, 0.2) is 0 Å². The number of hydrogen-bond acceptors (Lipinski definition) is 1. The smallest absolute Gasteiger partial charge is 0.0641 e. The third kappa shape index (κ3) is 2.39. The first-order valence-corrected chi connectivity index (χ1v) is 7.79. The molecular formula is C17H30O. The van der Waals surface area contributed by atoms with E-state index in [1.54, 1.807) is 5.57 Å². The Bertz CT molecular complexity index is 327. The molecule has 0 aliphatic heterocycles. The Morgan fingerprint density at radius 1 is 1.28 bits per heavy atom. The maximum Gasteiger partial charge on any atom is 0.0641 e. The van der Waals surface area contributed by atoms with E-state index >= 15 is 0 Å². The van der Waals surface area contributed by atoms with Crippen molar-refractivity contribution < 1.29 is 5.11 Å². The van der Waals surface area contributed by atoms with E-state index in [4.69, 9.17) is 0 Å². The molecule has 0 bridgehead atoms. The van der Waals surface area contributed by atoms with E-state index in [0.29, 0.717) is 5.41 Å². The lowest BCUT2D eigenvalue weighted by Gasteiger charge is -2.52. The van der Waals surface area contributed by atoms with Crippen molar-refractivity contribution in [2.45, 2.75) is 66.2 Å². The molecular weight excluding hydrogens is 220 g/mol. The topological polar surface area (TPSA) is 20.2 Å². The monoisotopic (exact) mass is 250 g/mol. The van der Waals surface area contributed by atoms with Gasteiger partial charge in [-0.2, -0.15) is 0 Å². The fourth-order valence-corrected chi connectivity index (χ4v) is 4.63. The zero-order chi connectivity index (χ0) is 13.3. The van der Waals surface area contributed by atoms with Crippen molar-refractivity contribution in [3.05, 3.63) is 11.1 Å². The van der Waals surface area contributed by atoms with Gasteiger partial charge in [-0.15, -0.1) is 0 Å². The van der Waals surface area contributed by atoms with Crippen LogP contribution in [0.4, 0.5) is 0 Å². The molecule has 0 unspecified atom stereocenters. The standard InChI is InChI=1S/C17H30O/c1-5-15-9-8-13-6-7-14(12(2)11-18)10-16(13)17(15,3)4/h13,15-16,18H,5-11H2,1-4H3/t13-,15-,16-/m0/s1. The zero-order valence-electron chi connectivity index (χ0n) is 12.6. The van der Waals surface area contributed by atoms with Crippen LogP contribution in [-0.4, -0.2) is 11.7 Å². The van der Waals surface area contributed by atoms with E-state index in [1.165, 1.54) is 44.1 Å². The first-order valence-electron chi connectivity index (χ1n) is 7.79. The Kier molecular flexibility index (Phi) is 4.21. The van der Waals surface area contributed by atoms with Gasteiger partial charge in [0.1, 0.15) is 0 Å². The summed E-state index contributed by atoms with van der Waals surface area (Å²) in [5.74, 6) is 2.69. The maximum atomic E-state index is 9.35. The van der Waals surface area contributed by atoms with Gasteiger partial charge in [0, 0.05) is 0 Å². The largest absolute Gasteiger partial charge is 0.392 e. The minimum Gasteiger partial charge on any atom is -0.392 e. The highest BCUT2D eigenvalue weighted by molar-refractivity contribution is 5.17. The predicted molar refractivity (Wildman–Crippen MR) is 77.4 cm³/mol. The molecule has 2 rings (SSSR count). The molecule has 1 heteroatoms. The van der Waals surface area contributed by atoms with Crippen molar-refractivity contribution in [2.75, 3.05) is 6.61 Å². The molecule has 0 spiro atoms. The summed E-state index contributed by atoms with van der Waals surface area (Å²) in [5, 5.41) is 9.35. The van der Waals surface area contributed by atoms with Crippen LogP contribution >= 0.6 is 0 Å². The van der Waals surface area contributed by atoms with Crippen LogP contribution in [-0.2, 0) is 0 Å². The first-order chi connectivity index (χ1) is 8.50. The Balaban J connectivity index is 2.20. The molecule has 0 heterocycles. The summed E-state index contributed by atoms with van der Waals surface area (Å²) in [6.45, 7) is 9.71. The molecule has 0 aromatic heterocycles. The van der Waals surface area contributed by atoms with E-state index in [9.17, 15) is 5.11 Å². The second kappa shape index (κ2) is 5.36. The number of allylic oxidation sites excluding steroid dienone is 1. The molecule has 0 saturated heterocycles. The lowest BCUT2D eigenvalue weighted by atomic mass is 9.53. The summed E-state index contributed by atoms with van der Waals surface area (Å²) >= 11 is 0. The van der Waals surface area contributed by atoms with Crippen LogP contribution < -0.4 is 0 Å². The highest BCUT2D eigenvalue weighted by Crippen LogP contribution is 2.55. The summed E-state index contributed by atoms with van der Waals surface area (Å²) in [4.78, 5) is 0. The van der Waals surface area contributed by atoms with Crippen molar-refractivity contribution >= 4 is 0 Å². The molecule has 2 saturated carbocycles. The Hall–Kier alpha value is -0.300. The van der Waals surface area contributed by atoms with Crippen LogP contribution in [0.15, 0.2) is 11.1 Å². The summed E-state index contributed by atoms with van der Waals surface area (Å²) < 4.78 is 0. The molecule has 1 N–H and O–H groups in total. The van der Waals surface area contributed by atoms with E-state index in [1.807, 2.05) is 0 Å². The van der Waals surface area contributed by atoms with Gasteiger partial charge >= 0.3 is 0 Å². The lowest BCUT2D eigenvalue weighted by molar-refractivity contribution is -0.00318. The number of aliphatic hydroxyl groups is 1. The minimum atomic E-state index is 0.254. The second-order valence-corrected chi connectivity index (χ2v) is 7.16. The van der Waals surface area contributed by atoms with Crippen LogP contribution in [0.3, 0.4) is 0 Å². The SMILES string of the molecule is CC[C@H]1CC[C@@H]2CCC(=C(C)CO)C[C@@H]2C1(C)C. The second-order valence-electron chi connectivity index (χ2n) is 7.16. The van der Waals surface area contributed by atoms with E-state index in [0.717, 1.165) is 17.8 Å². The van der Waals surface area contributed by atoms with Crippen LogP contribution in [0.1, 0.15) is 66.2 Å². The molecule has 0 aromatic rings. The van der Waals surface area contributed by atoms with Gasteiger partial charge < -0.3 is 5.11 Å². The predicted octanol–water partition coefficient (Wildman–Crippen LogP) is 4.56. The first kappa shape index (κ1) is 14.1. The van der Waals surface area contributed by atoms with Crippen molar-refractivity contribution in [1.29, 1.82) is 0 Å². The molecule has 3 atom stereocenters. The molecule has 2 aliphatic rings. The van der Waals surface area contributed by atoms with E-state index < -0.39 is 0 Å². The lowest BCUT2D eigenvalue weighted by Crippen LogP contribution is -2.43. The summed E-state index contributed by atoms with van der Waals surface area (Å²) in [5.41, 5.74) is 3.28. The number of fused-ring (bicyclic) bond motifs is 1. The van der Waals surface area contributed by atoms with Crippen LogP contribution in [0.25, 0.3) is 0 Å². The fourth-order valence-electron chi connectivity index (χ4n) is 4.63. The van der Waals surface area contributed by atoms with Crippen molar-refractivity contribution in [3.8, 4) is 0 Å². The number of hydrogen-bond donors (Lipinski definition) is 1. The molecule has 104 valence electrons. The number of aliphatic hydroxyl groups excluding tert-OH is 1. The average Bonchev–Trinajstić information content (AvgIpc) is 2.37. The third-order valence-electron chi connectivity index (χ3n) is 6.08. The van der Waals surface area contributed by atoms with Crippen molar-refractivity contribution in [2.24, 2.45) is 23.2 Å². The molecule has 0 radical (unpaired) electrons. The third-order valence-corrected chi connectivity index (χ3v) is 6.08. The highest BCUT2D eigenvalue weighted by Gasteiger charge is 2.45. The molecule has 2 fully saturated rings. The van der Waals surface area contributed by atoms with Gasteiger partial charge in [0.25, 0.3) is 0 Å². The van der Waals surface area contributed by atoms with Crippen molar-refractivity contribution in [3.63, 3.8) is 0 Å².